The van der Waals surface area contributed by atoms with Gasteiger partial charge in [-0.2, -0.15) is 0 Å². The minimum Gasteiger partial charge on any atom is -0.539 e. The van der Waals surface area contributed by atoms with Crippen LogP contribution in [0, 0.1) is 0 Å². The van der Waals surface area contributed by atoms with Gasteiger partial charge in [0.15, 0.2) is 0 Å². The van der Waals surface area contributed by atoms with Gasteiger partial charge in [-0.3, -0.25) is 4.99 Å². The zero-order valence-corrected chi connectivity index (χ0v) is 17.6. The maximum Gasteiger partial charge on any atom is 0.239 e. The van der Waals surface area contributed by atoms with Gasteiger partial charge in [-0.25, -0.2) is 0 Å². The standard InChI is InChI=1S/C24H19N3O3S/c1-29-19-12-8-17(9-13-19)23-14-21(25-20-4-2-3-5-22(20)31-23)16-6-10-18(11-7-16)27-15-24(28)30-26-27/h2-13,15,23H,14H2,1H3. The number of para-hydroxylation sites is 1. The molecule has 1 aliphatic heterocycles. The summed E-state index contributed by atoms with van der Waals surface area (Å²) in [7, 11) is 1.68. The lowest BCUT2D eigenvalue weighted by atomic mass is 10.0. The topological polar surface area (TPSA) is 74.6 Å². The number of aliphatic imine (C=N–C) groups is 1. The van der Waals surface area contributed by atoms with Crippen LogP contribution in [0.1, 0.15) is 22.8 Å². The van der Waals surface area contributed by atoms with Crippen molar-refractivity contribution in [2.45, 2.75) is 16.6 Å². The minimum absolute atomic E-state index is 0.223. The lowest BCUT2D eigenvalue weighted by molar-refractivity contribution is -0.670. The highest BCUT2D eigenvalue weighted by Crippen LogP contribution is 2.45. The molecule has 6 nitrogen and oxygen atoms in total. The molecule has 0 saturated heterocycles. The number of hydrogen-bond acceptors (Lipinski definition) is 6. The van der Waals surface area contributed by atoms with Crippen molar-refractivity contribution in [1.29, 1.82) is 0 Å². The third-order valence-electron chi connectivity index (χ3n) is 5.17. The van der Waals surface area contributed by atoms with Gasteiger partial charge < -0.3 is 14.4 Å². The maximum atomic E-state index is 11.3. The monoisotopic (exact) mass is 429 g/mol. The molecule has 1 unspecified atom stereocenters. The van der Waals surface area contributed by atoms with Crippen LogP contribution in [0.3, 0.4) is 0 Å². The summed E-state index contributed by atoms with van der Waals surface area (Å²) < 4.78 is 11.4. The van der Waals surface area contributed by atoms with Crippen LogP contribution in [0.2, 0.25) is 0 Å². The highest BCUT2D eigenvalue weighted by atomic mass is 32.2. The van der Waals surface area contributed by atoms with Gasteiger partial charge in [0.25, 0.3) is 0 Å². The van der Waals surface area contributed by atoms with E-state index in [2.05, 4.69) is 28.0 Å². The summed E-state index contributed by atoms with van der Waals surface area (Å²) in [6.45, 7) is 0. The van der Waals surface area contributed by atoms with Crippen LogP contribution in [0.15, 0.2) is 93.4 Å². The second-order valence-electron chi connectivity index (χ2n) is 7.12. The molecule has 5 rings (SSSR count). The Labute approximate surface area is 183 Å². The van der Waals surface area contributed by atoms with Crippen molar-refractivity contribution in [3.63, 3.8) is 0 Å². The van der Waals surface area contributed by atoms with Crippen molar-refractivity contribution in [2.75, 3.05) is 7.11 Å². The van der Waals surface area contributed by atoms with Gasteiger partial charge in [0, 0.05) is 34.4 Å². The van der Waals surface area contributed by atoms with Gasteiger partial charge in [0.2, 0.25) is 11.9 Å². The Bertz CT molecular complexity index is 1230. The van der Waals surface area contributed by atoms with E-state index < -0.39 is 5.95 Å². The summed E-state index contributed by atoms with van der Waals surface area (Å²) in [6.07, 6.45) is 2.09. The molecule has 0 bridgehead atoms. The van der Waals surface area contributed by atoms with Crippen LogP contribution in [0.4, 0.5) is 5.69 Å². The summed E-state index contributed by atoms with van der Waals surface area (Å²) in [5, 5.41) is 15.2. The Morgan fingerprint density at radius 1 is 1.03 bits per heavy atom. The number of methoxy groups -OCH3 is 1. The molecule has 2 heterocycles. The van der Waals surface area contributed by atoms with E-state index in [1.54, 1.807) is 7.11 Å². The van der Waals surface area contributed by atoms with E-state index >= 15 is 0 Å². The molecule has 31 heavy (non-hydrogen) atoms. The van der Waals surface area contributed by atoms with Crippen molar-refractivity contribution in [3.05, 3.63) is 90.1 Å². The summed E-state index contributed by atoms with van der Waals surface area (Å²) >= 11 is 1.83. The number of nitrogens with zero attached hydrogens (tertiary/aromatic N) is 3. The predicted molar refractivity (Wildman–Crippen MR) is 116 cm³/mol. The van der Waals surface area contributed by atoms with E-state index in [9.17, 15) is 5.11 Å². The van der Waals surface area contributed by atoms with Gasteiger partial charge in [-0.15, -0.1) is 11.8 Å². The molecule has 0 radical (unpaired) electrons. The van der Waals surface area contributed by atoms with Crippen LogP contribution in [0.5, 0.6) is 11.7 Å². The fraction of sp³-hybridized carbons (Fsp3) is 0.125. The predicted octanol–water partition coefficient (Wildman–Crippen LogP) is 4.39. The van der Waals surface area contributed by atoms with E-state index in [0.717, 1.165) is 39.7 Å². The van der Waals surface area contributed by atoms with Gasteiger partial charge in [-0.1, -0.05) is 24.3 Å². The molecule has 1 aliphatic rings. The lowest BCUT2D eigenvalue weighted by Gasteiger charge is -2.16. The second kappa shape index (κ2) is 8.28. The fourth-order valence-electron chi connectivity index (χ4n) is 3.56. The quantitative estimate of drug-likeness (QED) is 0.450. The van der Waals surface area contributed by atoms with E-state index in [0.29, 0.717) is 0 Å². The molecule has 3 aromatic carbocycles. The first-order valence-corrected chi connectivity index (χ1v) is 10.7. The molecule has 0 spiro atoms. The number of hydrogen-bond donors (Lipinski definition) is 0. The molecule has 0 aliphatic carbocycles. The lowest BCUT2D eigenvalue weighted by Crippen LogP contribution is -2.31. The number of rotatable bonds is 4. The molecule has 4 aromatic rings. The van der Waals surface area contributed by atoms with E-state index in [4.69, 9.17) is 9.73 Å². The summed E-state index contributed by atoms with van der Waals surface area (Å²) in [4.78, 5) is 6.17. The number of ether oxygens (including phenoxy) is 1. The highest BCUT2D eigenvalue weighted by molar-refractivity contribution is 7.99. The Kier molecular flexibility index (Phi) is 5.18. The van der Waals surface area contributed by atoms with Crippen molar-refractivity contribution < 1.29 is 19.0 Å². The number of fused-ring (bicyclic) bond motifs is 1. The number of thioether (sulfide) groups is 1. The highest BCUT2D eigenvalue weighted by Gasteiger charge is 2.23. The first-order valence-electron chi connectivity index (χ1n) is 9.83. The first kappa shape index (κ1) is 19.4. The van der Waals surface area contributed by atoms with Crippen molar-refractivity contribution >= 4 is 23.2 Å². The normalized spacial score (nSPS) is 15.6. The van der Waals surface area contributed by atoms with Crippen LogP contribution in [0.25, 0.3) is 5.69 Å². The van der Waals surface area contributed by atoms with E-state index in [1.165, 1.54) is 16.4 Å². The van der Waals surface area contributed by atoms with Crippen LogP contribution in [-0.2, 0) is 0 Å². The summed E-state index contributed by atoms with van der Waals surface area (Å²) in [5.74, 6) is 0.368. The number of aromatic nitrogens is 2. The third kappa shape index (κ3) is 4.04. The Hall–Kier alpha value is -3.58. The Morgan fingerprint density at radius 2 is 1.81 bits per heavy atom. The number of benzene rings is 3. The van der Waals surface area contributed by atoms with Crippen molar-refractivity contribution in [1.82, 2.24) is 5.27 Å². The molecule has 0 N–H and O–H groups in total. The molecule has 0 amide bonds. The molecule has 7 heteroatoms. The Morgan fingerprint density at radius 3 is 2.52 bits per heavy atom. The zero-order valence-electron chi connectivity index (χ0n) is 16.8. The molecule has 0 saturated carbocycles. The zero-order chi connectivity index (χ0) is 21.2. The maximum absolute atomic E-state index is 11.3. The van der Waals surface area contributed by atoms with Crippen molar-refractivity contribution in [3.8, 4) is 17.4 Å². The van der Waals surface area contributed by atoms with Crippen LogP contribution in [-0.4, -0.2) is 18.1 Å². The van der Waals surface area contributed by atoms with Crippen molar-refractivity contribution in [2.24, 2.45) is 4.99 Å². The summed E-state index contributed by atoms with van der Waals surface area (Å²) in [6, 6.07) is 24.3. The summed E-state index contributed by atoms with van der Waals surface area (Å²) in [5.41, 5.74) is 5.01. The van der Waals surface area contributed by atoms with Crippen LogP contribution >= 0.6 is 11.8 Å². The molecule has 154 valence electrons. The molecule has 1 atom stereocenters. The van der Waals surface area contributed by atoms with Gasteiger partial charge in [0.05, 0.1) is 18.1 Å². The average molecular weight is 430 g/mol. The molecular formula is C24H19N3O3S. The molecule has 0 fully saturated rings. The average Bonchev–Trinajstić information content (AvgIpc) is 3.15. The van der Waals surface area contributed by atoms with Gasteiger partial charge >= 0.3 is 0 Å². The van der Waals surface area contributed by atoms with E-state index in [-0.39, 0.29) is 5.25 Å². The SMILES string of the molecule is COc1ccc(C2CC(c3ccc(-[n+]4cc([O-])on4)cc3)=Nc3ccccc3S2)cc1. The molecule has 1 aromatic heterocycles. The third-order valence-corrected chi connectivity index (χ3v) is 6.49. The molecular weight excluding hydrogens is 410 g/mol. The fourth-order valence-corrected chi connectivity index (χ4v) is 4.79. The first-order chi connectivity index (χ1) is 15.2. The largest absolute Gasteiger partial charge is 0.539 e. The minimum atomic E-state index is -0.479. The smallest absolute Gasteiger partial charge is 0.239 e. The van der Waals surface area contributed by atoms with Gasteiger partial charge in [0.1, 0.15) is 11.7 Å². The van der Waals surface area contributed by atoms with E-state index in [1.807, 2.05) is 66.4 Å². The van der Waals surface area contributed by atoms with Crippen LogP contribution < -0.4 is 14.5 Å². The second-order valence-corrected chi connectivity index (χ2v) is 8.37. The Balaban J connectivity index is 1.50. The van der Waals surface area contributed by atoms with Gasteiger partial charge in [-0.05, 0) is 52.2 Å².